The Morgan fingerprint density at radius 3 is 2.79 bits per heavy atom. The lowest BCUT2D eigenvalue weighted by molar-refractivity contribution is -0.127. The molecule has 1 aliphatic heterocycles. The first-order valence-corrected chi connectivity index (χ1v) is 9.82. The Bertz CT molecular complexity index is 903. The predicted molar refractivity (Wildman–Crippen MR) is 113 cm³/mol. The van der Waals surface area contributed by atoms with Gasteiger partial charge in [-0.3, -0.25) is 9.48 Å². The number of para-hydroxylation sites is 1. The number of amides is 1. The van der Waals surface area contributed by atoms with Crippen LogP contribution in [0.5, 0.6) is 5.75 Å². The number of likely N-dealkylation sites (N-methyl/N-ethyl adjacent to an activating group) is 1. The van der Waals surface area contributed by atoms with Crippen molar-refractivity contribution in [2.24, 2.45) is 12.0 Å². The number of guanidine groups is 1. The largest absolute Gasteiger partial charge is 0.493 e. The minimum atomic E-state index is -0.0133. The highest BCUT2D eigenvalue weighted by molar-refractivity contribution is 5.86. The highest BCUT2D eigenvalue weighted by atomic mass is 16.5. The van der Waals surface area contributed by atoms with Gasteiger partial charge in [-0.25, -0.2) is 4.99 Å². The fourth-order valence-corrected chi connectivity index (χ4v) is 3.33. The zero-order chi connectivity index (χ0) is 21.0. The summed E-state index contributed by atoms with van der Waals surface area (Å²) in [5, 5.41) is 11.1. The fourth-order valence-electron chi connectivity index (χ4n) is 3.33. The van der Waals surface area contributed by atoms with Gasteiger partial charge in [-0.05, 0) is 19.9 Å². The number of hydrogen-bond donors (Lipinski definition) is 2. The molecule has 0 fully saturated rings. The first-order valence-electron chi connectivity index (χ1n) is 9.82. The maximum Gasteiger partial charge on any atom is 0.241 e. The van der Waals surface area contributed by atoms with Crippen molar-refractivity contribution in [1.82, 2.24) is 25.3 Å². The number of rotatable bonds is 5. The number of carbonyl (C=O) groups is 1. The Morgan fingerprint density at radius 1 is 1.34 bits per heavy atom. The average molecular weight is 399 g/mol. The van der Waals surface area contributed by atoms with Crippen molar-refractivity contribution in [2.45, 2.75) is 32.9 Å². The molecule has 1 amide bonds. The van der Waals surface area contributed by atoms with Gasteiger partial charge in [-0.15, -0.1) is 0 Å². The number of nitrogens with zero attached hydrogens (tertiary/aromatic N) is 4. The Labute approximate surface area is 171 Å². The summed E-state index contributed by atoms with van der Waals surface area (Å²) in [7, 11) is 5.42. The van der Waals surface area contributed by atoms with Crippen LogP contribution in [0.4, 0.5) is 0 Å². The molecule has 8 nitrogen and oxygen atoms in total. The molecule has 156 valence electrons. The third-order valence-electron chi connectivity index (χ3n) is 5.23. The van der Waals surface area contributed by atoms with Crippen LogP contribution in [0.2, 0.25) is 0 Å². The second-order valence-corrected chi connectivity index (χ2v) is 7.45. The molecule has 2 aromatic rings. The minimum Gasteiger partial charge on any atom is -0.493 e. The average Bonchev–Trinajstić information content (AvgIpc) is 2.95. The van der Waals surface area contributed by atoms with Crippen LogP contribution in [0, 0.1) is 13.8 Å². The smallest absolute Gasteiger partial charge is 0.241 e. The van der Waals surface area contributed by atoms with Gasteiger partial charge in [0.25, 0.3) is 0 Å². The van der Waals surface area contributed by atoms with Gasteiger partial charge in [0.15, 0.2) is 5.96 Å². The van der Waals surface area contributed by atoms with E-state index in [9.17, 15) is 4.79 Å². The molecule has 2 N–H and O–H groups in total. The molecule has 0 saturated heterocycles. The van der Waals surface area contributed by atoms with E-state index in [4.69, 9.17) is 9.73 Å². The molecule has 0 radical (unpaired) electrons. The number of fused-ring (bicyclic) bond motifs is 1. The molecule has 0 aliphatic carbocycles. The van der Waals surface area contributed by atoms with E-state index >= 15 is 0 Å². The van der Waals surface area contributed by atoms with Gasteiger partial charge in [-0.2, -0.15) is 5.10 Å². The minimum absolute atomic E-state index is 0.0133. The molecule has 0 bridgehead atoms. The van der Waals surface area contributed by atoms with Crippen LogP contribution in [0.1, 0.15) is 35.0 Å². The topological polar surface area (TPSA) is 83.8 Å². The third-order valence-corrected chi connectivity index (χ3v) is 5.23. The summed E-state index contributed by atoms with van der Waals surface area (Å²) in [5.41, 5.74) is 4.25. The summed E-state index contributed by atoms with van der Waals surface area (Å²) in [6.45, 7) is 5.33. The molecule has 0 spiro atoms. The van der Waals surface area contributed by atoms with E-state index < -0.39 is 0 Å². The summed E-state index contributed by atoms with van der Waals surface area (Å²) in [6, 6.07) is 8.08. The first kappa shape index (κ1) is 20.7. The monoisotopic (exact) mass is 398 g/mol. The molecular weight excluding hydrogens is 368 g/mol. The molecule has 1 aliphatic rings. The van der Waals surface area contributed by atoms with Gasteiger partial charge in [-0.1, -0.05) is 18.2 Å². The van der Waals surface area contributed by atoms with Gasteiger partial charge >= 0.3 is 0 Å². The zero-order valence-electron chi connectivity index (χ0n) is 17.8. The van der Waals surface area contributed by atoms with Crippen molar-refractivity contribution in [2.75, 3.05) is 27.2 Å². The number of carbonyl (C=O) groups excluding carboxylic acids is 1. The number of aromatic nitrogens is 2. The SMILES string of the molecule is Cc1nn(C)c(C)c1CN=C(NCC(=O)N(C)C)NC1CCOc2ccccc21. The van der Waals surface area contributed by atoms with E-state index in [0.717, 1.165) is 34.7 Å². The zero-order valence-corrected chi connectivity index (χ0v) is 17.8. The highest BCUT2D eigenvalue weighted by Gasteiger charge is 2.22. The van der Waals surface area contributed by atoms with Gasteiger partial charge < -0.3 is 20.3 Å². The van der Waals surface area contributed by atoms with Gasteiger partial charge in [0.05, 0.1) is 31.4 Å². The van der Waals surface area contributed by atoms with Crippen LogP contribution in [-0.2, 0) is 18.4 Å². The van der Waals surface area contributed by atoms with Gasteiger partial charge in [0, 0.05) is 44.4 Å². The summed E-state index contributed by atoms with van der Waals surface area (Å²) >= 11 is 0. The first-order chi connectivity index (χ1) is 13.9. The number of ether oxygens (including phenoxy) is 1. The predicted octanol–water partition coefficient (Wildman–Crippen LogP) is 1.68. The van der Waals surface area contributed by atoms with Gasteiger partial charge in [0.1, 0.15) is 5.75 Å². The summed E-state index contributed by atoms with van der Waals surface area (Å²) in [5.74, 6) is 1.48. The van der Waals surface area contributed by atoms with Crippen molar-refractivity contribution >= 4 is 11.9 Å². The van der Waals surface area contributed by atoms with Crippen LogP contribution in [0.15, 0.2) is 29.3 Å². The van der Waals surface area contributed by atoms with E-state index in [1.165, 1.54) is 0 Å². The lowest BCUT2D eigenvalue weighted by Gasteiger charge is -2.28. The van der Waals surface area contributed by atoms with Crippen molar-refractivity contribution in [3.8, 4) is 5.75 Å². The Kier molecular flexibility index (Phi) is 6.41. The van der Waals surface area contributed by atoms with E-state index in [0.29, 0.717) is 19.1 Å². The number of aliphatic imine (C=N–C) groups is 1. The normalized spacial score (nSPS) is 16.0. The second-order valence-electron chi connectivity index (χ2n) is 7.45. The molecule has 0 saturated carbocycles. The number of nitrogens with one attached hydrogen (secondary N) is 2. The van der Waals surface area contributed by atoms with Crippen LogP contribution in [0.25, 0.3) is 0 Å². The van der Waals surface area contributed by atoms with E-state index in [-0.39, 0.29) is 18.5 Å². The summed E-state index contributed by atoms with van der Waals surface area (Å²) in [6.07, 6.45) is 0.824. The Balaban J connectivity index is 1.80. The lowest BCUT2D eigenvalue weighted by atomic mass is 10.0. The summed E-state index contributed by atoms with van der Waals surface area (Å²) < 4.78 is 7.62. The maximum atomic E-state index is 12.1. The van der Waals surface area contributed by atoms with Gasteiger partial charge in [0.2, 0.25) is 5.91 Å². The molecule has 29 heavy (non-hydrogen) atoms. The molecule has 1 unspecified atom stereocenters. The molecular formula is C21H30N6O2. The quantitative estimate of drug-likeness (QED) is 0.591. The van der Waals surface area contributed by atoms with Crippen molar-refractivity contribution < 1.29 is 9.53 Å². The van der Waals surface area contributed by atoms with Crippen molar-refractivity contribution in [1.29, 1.82) is 0 Å². The standard InChI is InChI=1S/C21H30N6O2/c1-14-17(15(2)27(5)25-14)12-22-21(23-13-20(28)26(3)4)24-18-10-11-29-19-9-7-6-8-16(18)19/h6-9,18H,10-13H2,1-5H3,(H2,22,23,24). The molecule has 3 rings (SSSR count). The van der Waals surface area contributed by atoms with Crippen molar-refractivity contribution in [3.05, 3.63) is 46.8 Å². The molecule has 1 atom stereocenters. The van der Waals surface area contributed by atoms with Crippen LogP contribution >= 0.6 is 0 Å². The van der Waals surface area contributed by atoms with Crippen LogP contribution in [0.3, 0.4) is 0 Å². The van der Waals surface area contributed by atoms with Crippen LogP contribution < -0.4 is 15.4 Å². The Morgan fingerprint density at radius 2 is 2.10 bits per heavy atom. The summed E-state index contributed by atoms with van der Waals surface area (Å²) in [4.78, 5) is 18.4. The Hall–Kier alpha value is -3.03. The molecule has 2 heterocycles. The van der Waals surface area contributed by atoms with E-state index in [2.05, 4.69) is 21.8 Å². The van der Waals surface area contributed by atoms with E-state index in [1.807, 2.05) is 43.8 Å². The van der Waals surface area contributed by atoms with Crippen molar-refractivity contribution in [3.63, 3.8) is 0 Å². The maximum absolute atomic E-state index is 12.1. The highest BCUT2D eigenvalue weighted by Crippen LogP contribution is 2.31. The van der Waals surface area contributed by atoms with Crippen LogP contribution in [-0.4, -0.2) is 53.8 Å². The number of benzene rings is 1. The van der Waals surface area contributed by atoms with E-state index in [1.54, 1.807) is 19.0 Å². The molecule has 8 heteroatoms. The number of aryl methyl sites for hydroxylation is 2. The molecule has 1 aromatic heterocycles. The lowest BCUT2D eigenvalue weighted by Crippen LogP contribution is -2.45. The second kappa shape index (κ2) is 8.98. The fraction of sp³-hybridized carbons (Fsp3) is 0.476. The number of hydrogen-bond acceptors (Lipinski definition) is 4. The third kappa shape index (κ3) is 4.88. The molecule has 1 aromatic carbocycles.